The predicted octanol–water partition coefficient (Wildman–Crippen LogP) is 4.87. The van der Waals surface area contributed by atoms with Gasteiger partial charge in [0.2, 0.25) is 5.91 Å². The molecule has 2 aromatic rings. The maximum Gasteiger partial charge on any atom is 0.269 e. The molecule has 8 heteroatoms. The van der Waals surface area contributed by atoms with E-state index in [9.17, 15) is 14.9 Å². The molecule has 0 aromatic heterocycles. The zero-order chi connectivity index (χ0) is 17.7. The van der Waals surface area contributed by atoms with Crippen molar-refractivity contribution in [1.82, 2.24) is 5.32 Å². The fraction of sp³-hybridized carbons (Fsp3) is 0.188. The van der Waals surface area contributed by atoms with E-state index in [0.717, 1.165) is 10.5 Å². The smallest absolute Gasteiger partial charge is 0.269 e. The van der Waals surface area contributed by atoms with E-state index in [1.165, 1.54) is 23.9 Å². The van der Waals surface area contributed by atoms with Crippen LogP contribution in [-0.4, -0.2) is 16.6 Å². The first-order chi connectivity index (χ1) is 11.4. The number of carbonyl (C=O) groups is 1. The second-order valence-corrected chi connectivity index (χ2v) is 6.89. The van der Waals surface area contributed by atoms with E-state index >= 15 is 0 Å². The molecule has 0 fully saturated rings. The SMILES string of the molecule is CC(NC(=O)CSc1ccc([N+](=O)[O-])cc1)c1ccc(Cl)cc1Cl. The van der Waals surface area contributed by atoms with E-state index < -0.39 is 4.92 Å². The Bertz CT molecular complexity index is 753. The number of non-ortho nitro benzene ring substituents is 1. The first-order valence-corrected chi connectivity index (χ1v) is 8.72. The van der Waals surface area contributed by atoms with Gasteiger partial charge in [-0.3, -0.25) is 14.9 Å². The van der Waals surface area contributed by atoms with Crippen LogP contribution in [0, 0.1) is 10.1 Å². The van der Waals surface area contributed by atoms with Gasteiger partial charge in [0.1, 0.15) is 0 Å². The van der Waals surface area contributed by atoms with E-state index in [0.29, 0.717) is 10.0 Å². The Labute approximate surface area is 153 Å². The van der Waals surface area contributed by atoms with Crippen LogP contribution in [0.1, 0.15) is 18.5 Å². The van der Waals surface area contributed by atoms with Crippen molar-refractivity contribution in [3.63, 3.8) is 0 Å². The molecule has 1 amide bonds. The number of carbonyl (C=O) groups excluding carboxylic acids is 1. The van der Waals surface area contributed by atoms with Gasteiger partial charge in [-0.2, -0.15) is 0 Å². The van der Waals surface area contributed by atoms with E-state index in [-0.39, 0.29) is 23.4 Å². The minimum Gasteiger partial charge on any atom is -0.349 e. The number of rotatable bonds is 6. The predicted molar refractivity (Wildman–Crippen MR) is 96.8 cm³/mol. The van der Waals surface area contributed by atoms with Crippen LogP contribution in [0.3, 0.4) is 0 Å². The number of halogens is 2. The second kappa shape index (κ2) is 8.37. The van der Waals surface area contributed by atoms with Crippen LogP contribution in [0.25, 0.3) is 0 Å². The van der Waals surface area contributed by atoms with Crippen molar-refractivity contribution in [2.45, 2.75) is 17.9 Å². The number of nitro groups is 1. The van der Waals surface area contributed by atoms with E-state index in [4.69, 9.17) is 23.2 Å². The number of hydrogen-bond acceptors (Lipinski definition) is 4. The van der Waals surface area contributed by atoms with Gasteiger partial charge in [0, 0.05) is 27.1 Å². The van der Waals surface area contributed by atoms with Gasteiger partial charge in [-0.05, 0) is 36.8 Å². The third kappa shape index (κ3) is 5.12. The molecule has 126 valence electrons. The molecule has 0 bridgehead atoms. The largest absolute Gasteiger partial charge is 0.349 e. The monoisotopic (exact) mass is 384 g/mol. The van der Waals surface area contributed by atoms with Crippen LogP contribution in [0.15, 0.2) is 47.4 Å². The molecule has 5 nitrogen and oxygen atoms in total. The van der Waals surface area contributed by atoms with Gasteiger partial charge in [-0.15, -0.1) is 11.8 Å². The number of benzene rings is 2. The van der Waals surface area contributed by atoms with Gasteiger partial charge in [0.15, 0.2) is 0 Å². The number of hydrogen-bond donors (Lipinski definition) is 1. The fourth-order valence-corrected chi connectivity index (χ4v) is 3.31. The molecule has 24 heavy (non-hydrogen) atoms. The topological polar surface area (TPSA) is 72.2 Å². The standard InChI is InChI=1S/C16H14Cl2N2O3S/c1-10(14-7-2-11(17)8-15(14)18)19-16(21)9-24-13-5-3-12(4-6-13)20(22)23/h2-8,10H,9H2,1H3,(H,19,21). The van der Waals surface area contributed by atoms with Crippen molar-refractivity contribution >= 4 is 46.6 Å². The Morgan fingerprint density at radius 2 is 1.92 bits per heavy atom. The Morgan fingerprint density at radius 1 is 1.25 bits per heavy atom. The van der Waals surface area contributed by atoms with Crippen molar-refractivity contribution in [1.29, 1.82) is 0 Å². The number of amides is 1. The zero-order valence-electron chi connectivity index (χ0n) is 12.7. The Kier molecular flexibility index (Phi) is 6.48. The summed E-state index contributed by atoms with van der Waals surface area (Å²) in [6.45, 7) is 1.84. The maximum atomic E-state index is 12.0. The highest BCUT2D eigenvalue weighted by Crippen LogP contribution is 2.26. The average molecular weight is 385 g/mol. The Hall–Kier alpha value is -1.76. The molecule has 0 spiro atoms. The lowest BCUT2D eigenvalue weighted by molar-refractivity contribution is -0.384. The molecule has 0 heterocycles. The molecule has 1 N–H and O–H groups in total. The minimum atomic E-state index is -0.460. The summed E-state index contributed by atoms with van der Waals surface area (Å²) < 4.78 is 0. The summed E-state index contributed by atoms with van der Waals surface area (Å²) in [6.07, 6.45) is 0. The first kappa shape index (κ1) is 18.6. The molecule has 1 atom stereocenters. The van der Waals surface area contributed by atoms with Crippen LogP contribution < -0.4 is 5.32 Å². The lowest BCUT2D eigenvalue weighted by Gasteiger charge is -2.16. The normalized spacial score (nSPS) is 11.8. The van der Waals surface area contributed by atoms with Gasteiger partial charge >= 0.3 is 0 Å². The summed E-state index contributed by atoms with van der Waals surface area (Å²) in [5.41, 5.74) is 0.810. The highest BCUT2D eigenvalue weighted by molar-refractivity contribution is 8.00. The lowest BCUT2D eigenvalue weighted by Crippen LogP contribution is -2.28. The van der Waals surface area contributed by atoms with Crippen molar-refractivity contribution in [3.05, 3.63) is 68.2 Å². The average Bonchev–Trinajstić information content (AvgIpc) is 2.53. The van der Waals surface area contributed by atoms with E-state index in [1.54, 1.807) is 30.3 Å². The van der Waals surface area contributed by atoms with Gasteiger partial charge in [-0.1, -0.05) is 29.3 Å². The zero-order valence-corrected chi connectivity index (χ0v) is 15.0. The molecule has 0 saturated carbocycles. The third-order valence-corrected chi connectivity index (χ3v) is 4.80. The van der Waals surface area contributed by atoms with Crippen LogP contribution in [-0.2, 0) is 4.79 Å². The summed E-state index contributed by atoms with van der Waals surface area (Å²) >= 11 is 13.3. The molecule has 0 radical (unpaired) electrons. The number of nitrogens with zero attached hydrogens (tertiary/aromatic N) is 1. The molecule has 0 aliphatic heterocycles. The van der Waals surface area contributed by atoms with Crippen molar-refractivity contribution < 1.29 is 9.72 Å². The van der Waals surface area contributed by atoms with Crippen LogP contribution >= 0.6 is 35.0 Å². The Morgan fingerprint density at radius 3 is 2.50 bits per heavy atom. The Balaban J connectivity index is 1.89. The highest BCUT2D eigenvalue weighted by Gasteiger charge is 2.13. The first-order valence-electron chi connectivity index (χ1n) is 6.98. The van der Waals surface area contributed by atoms with Crippen molar-refractivity contribution in [2.75, 3.05) is 5.75 Å². The van der Waals surface area contributed by atoms with E-state index in [1.807, 2.05) is 6.92 Å². The van der Waals surface area contributed by atoms with Gasteiger partial charge < -0.3 is 5.32 Å². The number of thioether (sulfide) groups is 1. The summed E-state index contributed by atoms with van der Waals surface area (Å²) in [5.74, 6) is 0.0461. The van der Waals surface area contributed by atoms with Crippen LogP contribution in [0.2, 0.25) is 10.0 Å². The van der Waals surface area contributed by atoms with Crippen molar-refractivity contribution in [3.8, 4) is 0 Å². The quantitative estimate of drug-likeness (QED) is 0.437. The molecular weight excluding hydrogens is 371 g/mol. The highest BCUT2D eigenvalue weighted by atomic mass is 35.5. The molecular formula is C16H14Cl2N2O3S. The molecule has 1 unspecified atom stereocenters. The van der Waals surface area contributed by atoms with Gasteiger partial charge in [-0.25, -0.2) is 0 Å². The van der Waals surface area contributed by atoms with E-state index in [2.05, 4.69) is 5.32 Å². The molecule has 0 aliphatic carbocycles. The summed E-state index contributed by atoms with van der Waals surface area (Å²) in [5, 5.41) is 14.5. The molecule has 2 rings (SSSR count). The summed E-state index contributed by atoms with van der Waals surface area (Å²) in [7, 11) is 0. The van der Waals surface area contributed by atoms with Crippen LogP contribution in [0.4, 0.5) is 5.69 Å². The van der Waals surface area contributed by atoms with Crippen molar-refractivity contribution in [2.24, 2.45) is 0 Å². The van der Waals surface area contributed by atoms with Gasteiger partial charge in [0.05, 0.1) is 16.7 Å². The minimum absolute atomic E-state index is 0.0230. The summed E-state index contributed by atoms with van der Waals surface area (Å²) in [4.78, 5) is 23.0. The molecule has 0 aliphatic rings. The van der Waals surface area contributed by atoms with Crippen LogP contribution in [0.5, 0.6) is 0 Å². The van der Waals surface area contributed by atoms with Gasteiger partial charge in [0.25, 0.3) is 5.69 Å². The fourth-order valence-electron chi connectivity index (χ4n) is 2.03. The lowest BCUT2D eigenvalue weighted by atomic mass is 10.1. The second-order valence-electron chi connectivity index (χ2n) is 4.99. The third-order valence-electron chi connectivity index (χ3n) is 3.22. The molecule has 2 aromatic carbocycles. The number of nitro benzene ring substituents is 1. The molecule has 0 saturated heterocycles. The summed E-state index contributed by atoms with van der Waals surface area (Å²) in [6, 6.07) is 10.9. The maximum absolute atomic E-state index is 12.0. The number of nitrogens with one attached hydrogen (secondary N) is 1.